The lowest BCUT2D eigenvalue weighted by Crippen LogP contribution is -2.40. The quantitative estimate of drug-likeness (QED) is 0.664. The zero-order valence-electron chi connectivity index (χ0n) is 18.1. The van der Waals surface area contributed by atoms with Crippen LogP contribution < -0.4 is 5.32 Å². The van der Waals surface area contributed by atoms with Gasteiger partial charge in [-0.3, -0.25) is 14.3 Å². The minimum atomic E-state index is -0.321. The SMILES string of the molecule is Cc1nc([C@H]2CCCCN2C(=O)c2ccnn2C)ncc1C(=O)NCc1ccc(F)cc1. The molecular weight excluding hydrogens is 411 g/mol. The molecule has 1 fully saturated rings. The number of nitrogens with one attached hydrogen (secondary N) is 1. The Kier molecular flexibility index (Phi) is 6.25. The largest absolute Gasteiger partial charge is 0.348 e. The zero-order valence-corrected chi connectivity index (χ0v) is 18.1. The second-order valence-corrected chi connectivity index (χ2v) is 7.89. The standard InChI is InChI=1S/C23H25FN6O2/c1-15-18(22(31)26-13-16-6-8-17(24)9-7-16)14-25-21(28-15)19-5-3-4-12-30(19)23(32)20-10-11-27-29(20)2/h6-11,14,19H,3-5,12-13H2,1-2H3,(H,26,31)/t19-/m1/s1. The van der Waals surface area contributed by atoms with Gasteiger partial charge < -0.3 is 10.2 Å². The zero-order chi connectivity index (χ0) is 22.7. The second kappa shape index (κ2) is 9.25. The maximum absolute atomic E-state index is 13.1. The van der Waals surface area contributed by atoms with Crippen LogP contribution in [0.3, 0.4) is 0 Å². The van der Waals surface area contributed by atoms with Gasteiger partial charge >= 0.3 is 0 Å². The Labute approximate surface area is 185 Å². The summed E-state index contributed by atoms with van der Waals surface area (Å²) in [6.45, 7) is 2.65. The number of carbonyl (C=O) groups excluding carboxylic acids is 2. The highest BCUT2D eigenvalue weighted by atomic mass is 19.1. The summed E-state index contributed by atoms with van der Waals surface area (Å²) < 4.78 is 14.6. The first kappa shape index (κ1) is 21.6. The van der Waals surface area contributed by atoms with Crippen molar-refractivity contribution in [1.82, 2.24) is 30.0 Å². The normalized spacial score (nSPS) is 16.1. The van der Waals surface area contributed by atoms with Crippen LogP contribution in [0.15, 0.2) is 42.7 Å². The van der Waals surface area contributed by atoms with Crippen molar-refractivity contribution in [2.75, 3.05) is 6.54 Å². The lowest BCUT2D eigenvalue weighted by Gasteiger charge is -2.34. The number of carbonyl (C=O) groups is 2. The Hall–Kier alpha value is -3.62. The molecule has 0 spiro atoms. The molecule has 2 amide bonds. The van der Waals surface area contributed by atoms with Crippen LogP contribution in [-0.4, -0.2) is 43.0 Å². The molecule has 8 nitrogen and oxygen atoms in total. The highest BCUT2D eigenvalue weighted by Gasteiger charge is 2.32. The van der Waals surface area contributed by atoms with Gasteiger partial charge in [-0.15, -0.1) is 0 Å². The van der Waals surface area contributed by atoms with Crippen LogP contribution in [0.25, 0.3) is 0 Å². The highest BCUT2D eigenvalue weighted by molar-refractivity contribution is 5.95. The molecule has 0 unspecified atom stereocenters. The summed E-state index contributed by atoms with van der Waals surface area (Å²) in [5.41, 5.74) is 2.23. The van der Waals surface area contributed by atoms with E-state index in [-0.39, 0.29) is 30.2 Å². The molecule has 1 aliphatic heterocycles. The number of nitrogens with zero attached hydrogens (tertiary/aromatic N) is 5. The number of likely N-dealkylation sites (tertiary alicyclic amines) is 1. The summed E-state index contributed by atoms with van der Waals surface area (Å²) in [5, 5.41) is 6.90. The summed E-state index contributed by atoms with van der Waals surface area (Å²) in [5.74, 6) is -0.187. The summed E-state index contributed by atoms with van der Waals surface area (Å²) in [7, 11) is 1.74. The fourth-order valence-corrected chi connectivity index (χ4v) is 3.92. The van der Waals surface area contributed by atoms with Crippen LogP contribution in [0.1, 0.15) is 63.2 Å². The predicted molar refractivity (Wildman–Crippen MR) is 115 cm³/mol. The number of aromatic nitrogens is 4. The van der Waals surface area contributed by atoms with Gasteiger partial charge in [-0.05, 0) is 49.9 Å². The monoisotopic (exact) mass is 436 g/mol. The second-order valence-electron chi connectivity index (χ2n) is 7.89. The fraction of sp³-hybridized carbons (Fsp3) is 0.348. The number of hydrogen-bond donors (Lipinski definition) is 1. The van der Waals surface area contributed by atoms with Crippen LogP contribution in [-0.2, 0) is 13.6 Å². The maximum Gasteiger partial charge on any atom is 0.272 e. The average Bonchev–Trinajstić information content (AvgIpc) is 3.23. The van der Waals surface area contributed by atoms with Crippen LogP contribution >= 0.6 is 0 Å². The third kappa shape index (κ3) is 4.51. The van der Waals surface area contributed by atoms with E-state index in [2.05, 4.69) is 20.4 Å². The van der Waals surface area contributed by atoms with E-state index < -0.39 is 0 Å². The molecule has 2 aromatic heterocycles. The van der Waals surface area contributed by atoms with Crippen LogP contribution in [0.4, 0.5) is 4.39 Å². The van der Waals surface area contributed by atoms with Gasteiger partial charge in [-0.2, -0.15) is 5.10 Å². The maximum atomic E-state index is 13.1. The molecule has 4 rings (SSSR count). The first-order valence-electron chi connectivity index (χ1n) is 10.6. The molecule has 0 bridgehead atoms. The molecule has 0 aliphatic carbocycles. The predicted octanol–water partition coefficient (Wildman–Crippen LogP) is 2.96. The lowest BCUT2D eigenvalue weighted by molar-refractivity contribution is 0.0587. The summed E-state index contributed by atoms with van der Waals surface area (Å²) in [4.78, 5) is 36.5. The van der Waals surface area contributed by atoms with Crippen LogP contribution in [0, 0.1) is 12.7 Å². The average molecular weight is 436 g/mol. The number of benzene rings is 1. The number of rotatable bonds is 5. The highest BCUT2D eigenvalue weighted by Crippen LogP contribution is 2.30. The van der Waals surface area contributed by atoms with Crippen molar-refractivity contribution < 1.29 is 14.0 Å². The molecule has 0 saturated carbocycles. The Morgan fingerprint density at radius 3 is 2.66 bits per heavy atom. The van der Waals surface area contributed by atoms with E-state index in [0.29, 0.717) is 29.3 Å². The van der Waals surface area contributed by atoms with Gasteiger partial charge in [0.25, 0.3) is 11.8 Å². The van der Waals surface area contributed by atoms with Crippen molar-refractivity contribution in [3.63, 3.8) is 0 Å². The molecule has 32 heavy (non-hydrogen) atoms. The Morgan fingerprint density at radius 2 is 1.97 bits per heavy atom. The topological polar surface area (TPSA) is 93.0 Å². The number of halogens is 1. The summed E-state index contributed by atoms with van der Waals surface area (Å²) in [6, 6.07) is 7.41. The lowest BCUT2D eigenvalue weighted by atomic mass is 10.0. The molecular formula is C23H25FN6O2. The summed E-state index contributed by atoms with van der Waals surface area (Å²) in [6.07, 6.45) is 5.77. The van der Waals surface area contributed by atoms with Gasteiger partial charge in [0, 0.05) is 32.5 Å². The number of hydrogen-bond acceptors (Lipinski definition) is 5. The molecule has 3 heterocycles. The minimum Gasteiger partial charge on any atom is -0.348 e. The van der Waals surface area contributed by atoms with E-state index in [0.717, 1.165) is 24.8 Å². The van der Waals surface area contributed by atoms with Crippen molar-refractivity contribution in [2.45, 2.75) is 38.8 Å². The van der Waals surface area contributed by atoms with Crippen LogP contribution in [0.2, 0.25) is 0 Å². The molecule has 1 saturated heterocycles. The molecule has 166 valence electrons. The van der Waals surface area contributed by atoms with Gasteiger partial charge in [-0.1, -0.05) is 12.1 Å². The fourth-order valence-electron chi connectivity index (χ4n) is 3.92. The molecule has 1 atom stereocenters. The van der Waals surface area contributed by atoms with Gasteiger partial charge in [-0.25, -0.2) is 14.4 Å². The first-order valence-corrected chi connectivity index (χ1v) is 10.6. The third-order valence-corrected chi connectivity index (χ3v) is 5.71. The van der Waals surface area contributed by atoms with E-state index >= 15 is 0 Å². The van der Waals surface area contributed by atoms with Gasteiger partial charge in [0.2, 0.25) is 0 Å². The van der Waals surface area contributed by atoms with E-state index in [1.807, 2.05) is 0 Å². The van der Waals surface area contributed by atoms with Crippen molar-refractivity contribution in [2.24, 2.45) is 7.05 Å². The van der Waals surface area contributed by atoms with E-state index in [1.54, 1.807) is 47.9 Å². The smallest absolute Gasteiger partial charge is 0.272 e. The Balaban J connectivity index is 1.49. The first-order chi connectivity index (χ1) is 15.4. The third-order valence-electron chi connectivity index (χ3n) is 5.71. The van der Waals surface area contributed by atoms with Crippen molar-refractivity contribution in [3.8, 4) is 0 Å². The minimum absolute atomic E-state index is 0.0999. The number of amides is 2. The van der Waals surface area contributed by atoms with Gasteiger partial charge in [0.1, 0.15) is 11.5 Å². The number of aryl methyl sites for hydroxylation is 2. The molecule has 1 aliphatic rings. The van der Waals surface area contributed by atoms with E-state index in [1.165, 1.54) is 18.3 Å². The molecule has 1 N–H and O–H groups in total. The van der Waals surface area contributed by atoms with Crippen molar-refractivity contribution in [3.05, 3.63) is 76.9 Å². The van der Waals surface area contributed by atoms with E-state index in [9.17, 15) is 14.0 Å². The van der Waals surface area contributed by atoms with Crippen molar-refractivity contribution >= 4 is 11.8 Å². The van der Waals surface area contributed by atoms with Gasteiger partial charge in [0.05, 0.1) is 17.3 Å². The Bertz CT molecular complexity index is 1130. The molecule has 3 aromatic rings. The van der Waals surface area contributed by atoms with E-state index in [4.69, 9.17) is 0 Å². The Morgan fingerprint density at radius 1 is 1.19 bits per heavy atom. The van der Waals surface area contributed by atoms with Gasteiger partial charge in [0.15, 0.2) is 5.82 Å². The molecule has 9 heteroatoms. The van der Waals surface area contributed by atoms with Crippen LogP contribution in [0.5, 0.6) is 0 Å². The van der Waals surface area contributed by atoms with Crippen molar-refractivity contribution in [1.29, 1.82) is 0 Å². The molecule has 1 aromatic carbocycles. The summed E-state index contributed by atoms with van der Waals surface area (Å²) >= 11 is 0. The molecule has 0 radical (unpaired) electrons. The number of piperidine rings is 1.